The molecule has 1 saturated carbocycles. The summed E-state index contributed by atoms with van der Waals surface area (Å²) in [6.45, 7) is 1.59. The average Bonchev–Trinajstić information content (AvgIpc) is 3.51. The third-order valence-electron chi connectivity index (χ3n) is 5.42. The molecule has 0 bridgehead atoms. The lowest BCUT2D eigenvalue weighted by Crippen LogP contribution is -2.53. The molecule has 0 saturated heterocycles. The first kappa shape index (κ1) is 25.9. The van der Waals surface area contributed by atoms with Crippen molar-refractivity contribution in [3.8, 4) is 0 Å². The molecule has 1 heterocycles. The molecule has 1 fully saturated rings. The molecule has 0 atom stereocenters. The second-order valence-corrected chi connectivity index (χ2v) is 10.2. The van der Waals surface area contributed by atoms with E-state index in [0.717, 1.165) is 25.0 Å². The van der Waals surface area contributed by atoms with Gasteiger partial charge < -0.3 is 10.4 Å². The minimum Gasteiger partial charge on any atom is -0.369 e. The zero-order valence-corrected chi connectivity index (χ0v) is 18.5. The Bertz CT molecular complexity index is 1160. The van der Waals surface area contributed by atoms with Gasteiger partial charge in [-0.1, -0.05) is 12.1 Å². The maximum Gasteiger partial charge on any atom is 0.430 e. The van der Waals surface area contributed by atoms with Crippen LogP contribution < -0.4 is 5.32 Å². The molecule has 0 spiro atoms. The highest BCUT2D eigenvalue weighted by Crippen LogP contribution is 2.50. The van der Waals surface area contributed by atoms with E-state index in [1.807, 2.05) is 0 Å². The minimum absolute atomic E-state index is 0.00702. The molecule has 2 aromatic rings. The van der Waals surface area contributed by atoms with Crippen LogP contribution in [0.15, 0.2) is 41.6 Å². The highest BCUT2D eigenvalue weighted by Gasteiger charge is 2.71. The molecular formula is C21H20F6N2O4S. The second-order valence-electron chi connectivity index (χ2n) is 8.18. The summed E-state index contributed by atoms with van der Waals surface area (Å²) in [4.78, 5) is 16.2. The summed E-state index contributed by atoms with van der Waals surface area (Å²) in [5.41, 5.74) is -5.74. The normalized spacial score (nSPS) is 15.3. The molecule has 1 aliphatic carbocycles. The number of aryl methyl sites for hydroxylation is 1. The summed E-state index contributed by atoms with van der Waals surface area (Å²) < 4.78 is 102. The van der Waals surface area contributed by atoms with Gasteiger partial charge in [0.05, 0.1) is 12.2 Å². The van der Waals surface area contributed by atoms with E-state index >= 15 is 0 Å². The van der Waals surface area contributed by atoms with E-state index in [4.69, 9.17) is 0 Å². The number of carbonyl (C=O) groups excluding carboxylic acids is 1. The van der Waals surface area contributed by atoms with Crippen LogP contribution in [0, 0.1) is 12.8 Å². The van der Waals surface area contributed by atoms with Gasteiger partial charge in [-0.3, -0.25) is 4.79 Å². The molecule has 1 aromatic heterocycles. The highest BCUT2D eigenvalue weighted by molar-refractivity contribution is 7.91. The lowest BCUT2D eigenvalue weighted by atomic mass is 9.92. The number of benzene rings is 1. The Balaban J connectivity index is 1.71. The van der Waals surface area contributed by atoms with Crippen LogP contribution in [0.1, 0.15) is 29.5 Å². The van der Waals surface area contributed by atoms with Crippen molar-refractivity contribution in [3.05, 3.63) is 53.2 Å². The Kier molecular flexibility index (Phi) is 6.74. The lowest BCUT2D eigenvalue weighted by Gasteiger charge is -2.32. The fourth-order valence-electron chi connectivity index (χ4n) is 3.25. The molecule has 2 N–H and O–H groups in total. The Hall–Kier alpha value is -2.67. The maximum atomic E-state index is 13.0. The van der Waals surface area contributed by atoms with Gasteiger partial charge in [0.25, 0.3) is 5.60 Å². The number of sulfone groups is 1. The van der Waals surface area contributed by atoms with Crippen molar-refractivity contribution < 1.29 is 44.7 Å². The first-order valence-corrected chi connectivity index (χ1v) is 11.6. The van der Waals surface area contributed by atoms with E-state index in [-0.39, 0.29) is 28.8 Å². The number of rotatable bonds is 7. The number of alkyl halides is 6. The largest absolute Gasteiger partial charge is 0.430 e. The molecule has 0 aliphatic heterocycles. The Morgan fingerprint density at radius 2 is 1.65 bits per heavy atom. The number of aromatic nitrogens is 1. The molecule has 3 rings (SSSR count). The summed E-state index contributed by atoms with van der Waals surface area (Å²) in [6.07, 6.45) is -9.35. The maximum absolute atomic E-state index is 13.0. The van der Waals surface area contributed by atoms with Gasteiger partial charge in [0.15, 0.2) is 14.9 Å². The molecule has 0 unspecified atom stereocenters. The first-order chi connectivity index (χ1) is 15.5. The van der Waals surface area contributed by atoms with Gasteiger partial charge in [-0.2, -0.15) is 26.3 Å². The highest BCUT2D eigenvalue weighted by atomic mass is 32.2. The average molecular weight is 510 g/mol. The number of aliphatic hydroxyl groups is 1. The van der Waals surface area contributed by atoms with Crippen LogP contribution in [0.2, 0.25) is 0 Å². The van der Waals surface area contributed by atoms with E-state index in [0.29, 0.717) is 23.3 Å². The molecule has 1 amide bonds. The van der Waals surface area contributed by atoms with Crippen molar-refractivity contribution in [2.75, 3.05) is 11.1 Å². The number of amides is 1. The van der Waals surface area contributed by atoms with E-state index < -0.39 is 39.3 Å². The van der Waals surface area contributed by atoms with Crippen molar-refractivity contribution in [1.82, 2.24) is 4.98 Å². The summed E-state index contributed by atoms with van der Waals surface area (Å²) in [7, 11) is -3.54. The molecular weight excluding hydrogens is 490 g/mol. The van der Waals surface area contributed by atoms with E-state index in [9.17, 15) is 44.7 Å². The van der Waals surface area contributed by atoms with Gasteiger partial charge in [0.2, 0.25) is 5.91 Å². The van der Waals surface area contributed by atoms with Gasteiger partial charge in [0.1, 0.15) is 0 Å². The summed E-state index contributed by atoms with van der Waals surface area (Å²) >= 11 is 0. The van der Waals surface area contributed by atoms with Crippen LogP contribution in [0.3, 0.4) is 0 Å². The van der Waals surface area contributed by atoms with Crippen molar-refractivity contribution in [2.24, 2.45) is 5.92 Å². The van der Waals surface area contributed by atoms with Crippen molar-refractivity contribution >= 4 is 21.4 Å². The lowest BCUT2D eigenvalue weighted by molar-refractivity contribution is -0.376. The number of pyridine rings is 1. The molecule has 1 aromatic carbocycles. The number of anilines is 1. The number of nitrogens with one attached hydrogen (secondary N) is 1. The molecule has 186 valence electrons. The summed E-state index contributed by atoms with van der Waals surface area (Å²) in [5.74, 6) is -0.520. The van der Waals surface area contributed by atoms with Crippen LogP contribution in [-0.4, -0.2) is 42.5 Å². The third-order valence-corrected chi connectivity index (χ3v) is 7.19. The Morgan fingerprint density at radius 3 is 2.12 bits per heavy atom. The SMILES string of the molecule is Cc1cc(S(=O)(=O)CC2CC2)ncc1CC(=O)Nc1ccc(C(O)(C(F)(F)F)C(F)(F)F)cc1. The van der Waals surface area contributed by atoms with E-state index in [1.54, 1.807) is 6.92 Å². The number of hydrogen-bond donors (Lipinski definition) is 2. The fourth-order valence-corrected chi connectivity index (χ4v) is 4.95. The molecule has 34 heavy (non-hydrogen) atoms. The monoisotopic (exact) mass is 510 g/mol. The predicted octanol–water partition coefficient (Wildman–Crippen LogP) is 4.07. The van der Waals surface area contributed by atoms with E-state index in [1.165, 1.54) is 12.3 Å². The quantitative estimate of drug-likeness (QED) is 0.548. The van der Waals surface area contributed by atoms with Gasteiger partial charge in [0, 0.05) is 17.4 Å². The smallest absolute Gasteiger partial charge is 0.369 e. The minimum atomic E-state index is -6.02. The number of carbonyl (C=O) groups is 1. The van der Waals surface area contributed by atoms with Crippen LogP contribution in [0.25, 0.3) is 0 Å². The molecule has 0 radical (unpaired) electrons. The second kappa shape index (κ2) is 8.84. The van der Waals surface area contributed by atoms with Gasteiger partial charge in [-0.05, 0) is 55.0 Å². The number of nitrogens with zero attached hydrogens (tertiary/aromatic N) is 1. The van der Waals surface area contributed by atoms with Crippen LogP contribution in [0.4, 0.5) is 32.0 Å². The van der Waals surface area contributed by atoms with Gasteiger partial charge >= 0.3 is 12.4 Å². The van der Waals surface area contributed by atoms with Crippen molar-refractivity contribution in [2.45, 2.75) is 49.2 Å². The molecule has 6 nitrogen and oxygen atoms in total. The topological polar surface area (TPSA) is 96.4 Å². The Labute approximate surface area is 190 Å². The Morgan fingerprint density at radius 1 is 1.09 bits per heavy atom. The van der Waals surface area contributed by atoms with Crippen molar-refractivity contribution in [1.29, 1.82) is 0 Å². The third kappa shape index (κ3) is 5.35. The van der Waals surface area contributed by atoms with Crippen molar-refractivity contribution in [3.63, 3.8) is 0 Å². The van der Waals surface area contributed by atoms with Crippen LogP contribution >= 0.6 is 0 Å². The summed E-state index contributed by atoms with van der Waals surface area (Å²) in [5, 5.41) is 11.6. The van der Waals surface area contributed by atoms with Crippen LogP contribution in [0.5, 0.6) is 0 Å². The van der Waals surface area contributed by atoms with Crippen LogP contribution in [-0.2, 0) is 26.7 Å². The first-order valence-electron chi connectivity index (χ1n) is 9.99. The zero-order valence-electron chi connectivity index (χ0n) is 17.7. The van der Waals surface area contributed by atoms with E-state index in [2.05, 4.69) is 10.3 Å². The number of hydrogen-bond acceptors (Lipinski definition) is 5. The van der Waals surface area contributed by atoms with Gasteiger partial charge in [-0.25, -0.2) is 13.4 Å². The number of halogens is 6. The van der Waals surface area contributed by atoms with Gasteiger partial charge in [-0.15, -0.1) is 0 Å². The standard InChI is InChI=1S/C21H20F6N2O4S/c1-12-8-18(34(32,33)11-13-2-3-13)28-10-14(12)9-17(30)29-16-6-4-15(5-7-16)19(31,20(22,23)24)21(25,26)27/h4-8,10,13,31H,2-3,9,11H2,1H3,(H,29,30). The zero-order chi connectivity index (χ0) is 25.5. The predicted molar refractivity (Wildman–Crippen MR) is 109 cm³/mol. The molecule has 13 heteroatoms. The molecule has 1 aliphatic rings. The summed E-state index contributed by atoms with van der Waals surface area (Å²) in [6, 6.07) is 3.79. The fraction of sp³-hybridized carbons (Fsp3) is 0.429.